The Morgan fingerprint density at radius 3 is 2.09 bits per heavy atom. The number of hydrogen-bond acceptors (Lipinski definition) is 3. The van der Waals surface area contributed by atoms with Crippen molar-refractivity contribution in [3.05, 3.63) is 0 Å². The van der Waals surface area contributed by atoms with E-state index in [4.69, 9.17) is 4.74 Å². The van der Waals surface area contributed by atoms with Crippen LogP contribution in [0.15, 0.2) is 0 Å². The largest absolute Gasteiger partial charge is 0.444 e. The number of nitrogens with one attached hydrogen (secondary N) is 2. The second-order valence-electron chi connectivity index (χ2n) is 6.93. The van der Waals surface area contributed by atoms with Crippen LogP contribution in [0.3, 0.4) is 0 Å². The standard InChI is InChI=1S/C15H25F3N2O3/c1-14(2,3)23-13(22)19-8-10-4-6-11(7-5-10)12(21)20-9-15(16,17)18/h10-11H,4-9H2,1-3H3,(H,19,22)(H,20,21). The first kappa shape index (κ1) is 19.6. The molecule has 0 aliphatic heterocycles. The van der Waals surface area contributed by atoms with Crippen LogP contribution in [-0.2, 0) is 9.53 Å². The molecule has 0 radical (unpaired) electrons. The van der Waals surface area contributed by atoms with Crippen LogP contribution < -0.4 is 10.6 Å². The van der Waals surface area contributed by atoms with Gasteiger partial charge in [-0.2, -0.15) is 13.2 Å². The quantitative estimate of drug-likeness (QED) is 0.828. The minimum Gasteiger partial charge on any atom is -0.444 e. The SMILES string of the molecule is CC(C)(C)OC(=O)NCC1CCC(C(=O)NCC(F)(F)F)CC1. The van der Waals surface area contributed by atoms with E-state index in [1.54, 1.807) is 20.8 Å². The van der Waals surface area contributed by atoms with Crippen LogP contribution in [0.25, 0.3) is 0 Å². The molecule has 2 amide bonds. The molecule has 0 aromatic carbocycles. The Bertz CT molecular complexity index is 411. The molecule has 1 aliphatic rings. The average molecular weight is 338 g/mol. The van der Waals surface area contributed by atoms with Crippen molar-refractivity contribution in [1.82, 2.24) is 10.6 Å². The van der Waals surface area contributed by atoms with Crippen molar-refractivity contribution in [3.8, 4) is 0 Å². The Balaban J connectivity index is 2.25. The van der Waals surface area contributed by atoms with Gasteiger partial charge in [0.1, 0.15) is 12.1 Å². The summed E-state index contributed by atoms with van der Waals surface area (Å²) in [5.74, 6) is -0.704. The smallest absolute Gasteiger partial charge is 0.407 e. The fraction of sp³-hybridized carbons (Fsp3) is 0.867. The maximum absolute atomic E-state index is 12.1. The fourth-order valence-electron chi connectivity index (χ4n) is 2.50. The number of hydrogen-bond donors (Lipinski definition) is 2. The van der Waals surface area contributed by atoms with Crippen LogP contribution >= 0.6 is 0 Å². The van der Waals surface area contributed by atoms with Gasteiger partial charge in [0.05, 0.1) is 0 Å². The molecule has 1 saturated carbocycles. The minimum atomic E-state index is -4.38. The van der Waals surface area contributed by atoms with E-state index in [0.29, 0.717) is 32.2 Å². The van der Waals surface area contributed by atoms with Gasteiger partial charge in [-0.25, -0.2) is 4.79 Å². The third-order valence-corrected chi connectivity index (χ3v) is 3.61. The Hall–Kier alpha value is -1.47. The van der Waals surface area contributed by atoms with E-state index in [0.717, 1.165) is 0 Å². The molecular formula is C15H25F3N2O3. The van der Waals surface area contributed by atoms with E-state index < -0.39 is 30.3 Å². The average Bonchev–Trinajstić information content (AvgIpc) is 2.40. The molecule has 0 bridgehead atoms. The molecule has 0 unspecified atom stereocenters. The molecule has 1 fully saturated rings. The molecule has 5 nitrogen and oxygen atoms in total. The summed E-state index contributed by atoms with van der Waals surface area (Å²) < 4.78 is 41.3. The third kappa shape index (κ3) is 8.66. The van der Waals surface area contributed by atoms with Crippen LogP contribution in [0.4, 0.5) is 18.0 Å². The molecule has 0 atom stereocenters. The van der Waals surface area contributed by atoms with Gasteiger partial charge in [-0.15, -0.1) is 0 Å². The molecule has 0 aromatic rings. The minimum absolute atomic E-state index is 0.217. The van der Waals surface area contributed by atoms with Crippen LogP contribution in [-0.4, -0.2) is 36.9 Å². The van der Waals surface area contributed by atoms with E-state index in [-0.39, 0.29) is 11.8 Å². The van der Waals surface area contributed by atoms with Crippen molar-refractivity contribution >= 4 is 12.0 Å². The summed E-state index contributed by atoms with van der Waals surface area (Å²) in [5.41, 5.74) is -0.557. The Kier molecular flexibility index (Phi) is 6.70. The molecule has 2 N–H and O–H groups in total. The van der Waals surface area contributed by atoms with E-state index in [1.165, 1.54) is 0 Å². The van der Waals surface area contributed by atoms with Crippen molar-refractivity contribution in [2.24, 2.45) is 11.8 Å². The maximum atomic E-state index is 12.1. The lowest BCUT2D eigenvalue weighted by atomic mass is 9.81. The van der Waals surface area contributed by atoms with Crippen LogP contribution in [0.5, 0.6) is 0 Å². The highest BCUT2D eigenvalue weighted by Crippen LogP contribution is 2.28. The summed E-state index contributed by atoms with van der Waals surface area (Å²) >= 11 is 0. The number of rotatable bonds is 4. The summed E-state index contributed by atoms with van der Waals surface area (Å²) in [6.45, 7) is 4.49. The number of ether oxygens (including phenoxy) is 1. The number of amides is 2. The van der Waals surface area contributed by atoms with E-state index in [1.807, 2.05) is 5.32 Å². The first-order valence-electron chi connectivity index (χ1n) is 7.77. The summed E-state index contributed by atoms with van der Waals surface area (Å²) in [4.78, 5) is 23.2. The first-order valence-corrected chi connectivity index (χ1v) is 7.77. The van der Waals surface area contributed by atoms with Crippen molar-refractivity contribution in [2.45, 2.75) is 58.2 Å². The second kappa shape index (κ2) is 7.88. The predicted octanol–water partition coefficient (Wildman–Crippen LogP) is 3.00. The lowest BCUT2D eigenvalue weighted by molar-refractivity contribution is -0.141. The normalized spacial score (nSPS) is 22.3. The zero-order valence-electron chi connectivity index (χ0n) is 13.8. The lowest BCUT2D eigenvalue weighted by Gasteiger charge is -2.28. The molecule has 0 saturated heterocycles. The van der Waals surface area contributed by atoms with Gasteiger partial charge in [-0.05, 0) is 52.4 Å². The predicted molar refractivity (Wildman–Crippen MR) is 78.7 cm³/mol. The van der Waals surface area contributed by atoms with Crippen molar-refractivity contribution in [3.63, 3.8) is 0 Å². The number of halogens is 3. The van der Waals surface area contributed by atoms with Crippen LogP contribution in [0.2, 0.25) is 0 Å². The second-order valence-corrected chi connectivity index (χ2v) is 6.93. The van der Waals surface area contributed by atoms with Crippen molar-refractivity contribution in [1.29, 1.82) is 0 Å². The maximum Gasteiger partial charge on any atom is 0.407 e. The van der Waals surface area contributed by atoms with Gasteiger partial charge >= 0.3 is 12.3 Å². The Labute approximate surface area is 134 Å². The van der Waals surface area contributed by atoms with Crippen LogP contribution in [0.1, 0.15) is 46.5 Å². The van der Waals surface area contributed by atoms with E-state index in [2.05, 4.69) is 5.32 Å². The molecule has 0 heterocycles. The molecule has 0 aromatic heterocycles. The van der Waals surface area contributed by atoms with Gasteiger partial charge < -0.3 is 15.4 Å². The summed E-state index contributed by atoms with van der Waals surface area (Å²) in [6.07, 6.45) is -2.42. The fourth-order valence-corrected chi connectivity index (χ4v) is 2.50. The zero-order valence-corrected chi connectivity index (χ0v) is 13.8. The number of carbonyl (C=O) groups excluding carboxylic acids is 2. The molecule has 8 heteroatoms. The van der Waals surface area contributed by atoms with E-state index >= 15 is 0 Å². The lowest BCUT2D eigenvalue weighted by Crippen LogP contribution is -2.40. The molecule has 1 aliphatic carbocycles. The zero-order chi connectivity index (χ0) is 17.7. The highest BCUT2D eigenvalue weighted by Gasteiger charge is 2.31. The van der Waals surface area contributed by atoms with Gasteiger partial charge in [0, 0.05) is 12.5 Å². The van der Waals surface area contributed by atoms with Crippen molar-refractivity contribution in [2.75, 3.05) is 13.1 Å². The molecular weight excluding hydrogens is 313 g/mol. The number of alkyl carbamates (subject to hydrolysis) is 1. The van der Waals surface area contributed by atoms with Gasteiger partial charge in [-0.1, -0.05) is 0 Å². The molecule has 134 valence electrons. The third-order valence-electron chi connectivity index (χ3n) is 3.61. The summed E-state index contributed by atoms with van der Waals surface area (Å²) in [7, 11) is 0. The highest BCUT2D eigenvalue weighted by molar-refractivity contribution is 5.78. The molecule has 23 heavy (non-hydrogen) atoms. The molecule has 0 spiro atoms. The van der Waals surface area contributed by atoms with Gasteiger partial charge in [0.15, 0.2) is 0 Å². The number of alkyl halides is 3. The highest BCUT2D eigenvalue weighted by atomic mass is 19.4. The monoisotopic (exact) mass is 338 g/mol. The summed E-state index contributed by atoms with van der Waals surface area (Å²) in [6, 6.07) is 0. The summed E-state index contributed by atoms with van der Waals surface area (Å²) in [5, 5.41) is 4.62. The topological polar surface area (TPSA) is 67.4 Å². The van der Waals surface area contributed by atoms with Crippen molar-refractivity contribution < 1.29 is 27.5 Å². The van der Waals surface area contributed by atoms with Gasteiger partial charge in [-0.3, -0.25) is 4.79 Å². The van der Waals surface area contributed by atoms with E-state index in [9.17, 15) is 22.8 Å². The Morgan fingerprint density at radius 2 is 1.61 bits per heavy atom. The van der Waals surface area contributed by atoms with Gasteiger partial charge in [0.25, 0.3) is 0 Å². The van der Waals surface area contributed by atoms with Gasteiger partial charge in [0.2, 0.25) is 5.91 Å². The Morgan fingerprint density at radius 1 is 1.04 bits per heavy atom. The van der Waals surface area contributed by atoms with Crippen LogP contribution in [0, 0.1) is 11.8 Å². The molecule has 1 rings (SSSR count). The first-order chi connectivity index (χ1) is 10.5. The number of carbonyl (C=O) groups is 2.